The van der Waals surface area contributed by atoms with Crippen LogP contribution in [0.4, 0.5) is 5.95 Å². The lowest BCUT2D eigenvalue weighted by Crippen LogP contribution is -2.19. The fourth-order valence-corrected chi connectivity index (χ4v) is 2.38. The summed E-state index contributed by atoms with van der Waals surface area (Å²) >= 11 is 0. The first kappa shape index (κ1) is 16.7. The highest BCUT2D eigenvalue weighted by molar-refractivity contribution is 5.31. The Morgan fingerprint density at radius 1 is 1.00 bits per heavy atom. The molecule has 6 nitrogen and oxygen atoms in total. The van der Waals surface area contributed by atoms with E-state index in [1.807, 2.05) is 55.5 Å². The molecule has 1 aromatic heterocycles. The van der Waals surface area contributed by atoms with Gasteiger partial charge in [-0.25, -0.2) is 0 Å². The van der Waals surface area contributed by atoms with Crippen LogP contribution in [0.1, 0.15) is 22.4 Å². The van der Waals surface area contributed by atoms with Gasteiger partial charge in [0.25, 0.3) is 5.56 Å². The van der Waals surface area contributed by atoms with Gasteiger partial charge in [0.15, 0.2) is 0 Å². The number of H-pyrrole nitrogens is 1. The van der Waals surface area contributed by atoms with Crippen LogP contribution in [-0.2, 0) is 13.0 Å². The van der Waals surface area contributed by atoms with E-state index in [9.17, 15) is 4.79 Å². The van der Waals surface area contributed by atoms with Crippen LogP contribution < -0.4 is 15.6 Å². The van der Waals surface area contributed by atoms with Gasteiger partial charge in [0, 0.05) is 13.0 Å². The van der Waals surface area contributed by atoms with Crippen LogP contribution in [0.25, 0.3) is 0 Å². The summed E-state index contributed by atoms with van der Waals surface area (Å²) in [4.78, 5) is 14.9. The van der Waals surface area contributed by atoms with E-state index in [1.165, 1.54) is 5.56 Å². The Bertz CT molecular complexity index is 887. The van der Waals surface area contributed by atoms with Crippen LogP contribution in [0.5, 0.6) is 5.75 Å². The number of nitrogens with zero attached hydrogens (tertiary/aromatic N) is 2. The number of hydrogen-bond donors (Lipinski definition) is 2. The predicted molar refractivity (Wildman–Crippen MR) is 97.0 cm³/mol. The minimum absolute atomic E-state index is 0.239. The molecule has 0 unspecified atom stereocenters. The largest absolute Gasteiger partial charge is 0.497 e. The van der Waals surface area contributed by atoms with Crippen molar-refractivity contribution in [3.8, 4) is 5.75 Å². The van der Waals surface area contributed by atoms with Gasteiger partial charge < -0.3 is 10.1 Å². The fraction of sp³-hybridized carbons (Fsp3) is 0.211. The lowest BCUT2D eigenvalue weighted by atomic mass is 10.1. The molecule has 0 aliphatic carbocycles. The number of rotatable bonds is 6. The summed E-state index contributed by atoms with van der Waals surface area (Å²) in [5, 5.41) is 11.2. The zero-order chi connectivity index (χ0) is 17.6. The molecule has 0 aliphatic heterocycles. The summed E-state index contributed by atoms with van der Waals surface area (Å²) in [7, 11) is 1.62. The van der Waals surface area contributed by atoms with Crippen molar-refractivity contribution in [2.75, 3.05) is 12.4 Å². The Balaban J connectivity index is 1.65. The maximum Gasteiger partial charge on any atom is 0.274 e. The Labute approximate surface area is 145 Å². The lowest BCUT2D eigenvalue weighted by molar-refractivity contribution is 0.414. The van der Waals surface area contributed by atoms with E-state index in [0.717, 1.165) is 16.9 Å². The molecule has 2 N–H and O–H groups in total. The first-order valence-corrected chi connectivity index (χ1v) is 8.02. The van der Waals surface area contributed by atoms with Crippen LogP contribution >= 0.6 is 0 Å². The third-order valence-electron chi connectivity index (χ3n) is 3.88. The molecule has 0 aliphatic rings. The van der Waals surface area contributed by atoms with Crippen LogP contribution in [0.2, 0.25) is 0 Å². The highest BCUT2D eigenvalue weighted by atomic mass is 16.5. The van der Waals surface area contributed by atoms with Gasteiger partial charge >= 0.3 is 0 Å². The van der Waals surface area contributed by atoms with E-state index in [1.54, 1.807) is 7.11 Å². The van der Waals surface area contributed by atoms with Crippen molar-refractivity contribution < 1.29 is 4.74 Å². The van der Waals surface area contributed by atoms with E-state index >= 15 is 0 Å². The van der Waals surface area contributed by atoms with Crippen molar-refractivity contribution in [2.24, 2.45) is 0 Å². The van der Waals surface area contributed by atoms with Gasteiger partial charge in [0.05, 0.1) is 7.11 Å². The zero-order valence-corrected chi connectivity index (χ0v) is 14.2. The van der Waals surface area contributed by atoms with Gasteiger partial charge in [-0.3, -0.25) is 9.78 Å². The van der Waals surface area contributed by atoms with E-state index in [4.69, 9.17) is 4.74 Å². The number of nitrogens with one attached hydrogen (secondary N) is 2. The first-order valence-electron chi connectivity index (χ1n) is 8.02. The summed E-state index contributed by atoms with van der Waals surface area (Å²) in [5.41, 5.74) is 3.43. The number of ether oxygens (including phenoxy) is 1. The number of anilines is 1. The molecular formula is C19H20N4O2. The van der Waals surface area contributed by atoms with Crippen molar-refractivity contribution in [3.05, 3.63) is 81.3 Å². The van der Waals surface area contributed by atoms with E-state index < -0.39 is 0 Å². The molecule has 0 bridgehead atoms. The molecule has 0 spiro atoms. The molecule has 0 amide bonds. The van der Waals surface area contributed by atoms with Crippen LogP contribution in [-0.4, -0.2) is 22.3 Å². The van der Waals surface area contributed by atoms with Crippen molar-refractivity contribution in [3.63, 3.8) is 0 Å². The predicted octanol–water partition coefficient (Wildman–Crippen LogP) is 2.68. The lowest BCUT2D eigenvalue weighted by Gasteiger charge is -2.06. The summed E-state index contributed by atoms with van der Waals surface area (Å²) < 4.78 is 5.12. The average molecular weight is 336 g/mol. The Morgan fingerprint density at radius 2 is 1.68 bits per heavy atom. The van der Waals surface area contributed by atoms with Gasteiger partial charge in [-0.2, -0.15) is 0 Å². The van der Waals surface area contributed by atoms with E-state index in [0.29, 0.717) is 24.6 Å². The molecule has 1 heterocycles. The quantitative estimate of drug-likeness (QED) is 0.723. The third-order valence-corrected chi connectivity index (χ3v) is 3.88. The molecule has 0 radical (unpaired) electrons. The highest BCUT2D eigenvalue weighted by Gasteiger charge is 2.06. The van der Waals surface area contributed by atoms with E-state index in [2.05, 4.69) is 20.5 Å². The van der Waals surface area contributed by atoms with Gasteiger partial charge in [0.2, 0.25) is 5.95 Å². The summed E-state index contributed by atoms with van der Waals surface area (Å²) in [6.07, 6.45) is 0.421. The number of aromatic amines is 1. The maximum atomic E-state index is 12.2. The molecule has 3 rings (SSSR count). The minimum atomic E-state index is -0.239. The zero-order valence-electron chi connectivity index (χ0n) is 14.2. The summed E-state index contributed by atoms with van der Waals surface area (Å²) in [5.74, 6) is 1.14. The number of aromatic nitrogens is 3. The molecule has 3 aromatic rings. The second-order valence-electron chi connectivity index (χ2n) is 5.81. The average Bonchev–Trinajstić information content (AvgIpc) is 2.64. The highest BCUT2D eigenvalue weighted by Crippen LogP contribution is 2.13. The van der Waals surface area contributed by atoms with Crippen LogP contribution in [0, 0.1) is 6.92 Å². The fourth-order valence-electron chi connectivity index (χ4n) is 2.38. The smallest absolute Gasteiger partial charge is 0.274 e. The molecule has 0 fully saturated rings. The number of hydrogen-bond acceptors (Lipinski definition) is 5. The number of methoxy groups -OCH3 is 1. The Morgan fingerprint density at radius 3 is 2.32 bits per heavy atom. The molecule has 25 heavy (non-hydrogen) atoms. The van der Waals surface area contributed by atoms with Gasteiger partial charge in [0.1, 0.15) is 11.4 Å². The molecule has 0 saturated heterocycles. The van der Waals surface area contributed by atoms with Crippen molar-refractivity contribution in [1.82, 2.24) is 15.2 Å². The first-order chi connectivity index (χ1) is 12.1. The molecule has 128 valence electrons. The minimum Gasteiger partial charge on any atom is -0.497 e. The number of benzene rings is 2. The monoisotopic (exact) mass is 336 g/mol. The van der Waals surface area contributed by atoms with Crippen molar-refractivity contribution in [1.29, 1.82) is 0 Å². The molecule has 6 heteroatoms. The topological polar surface area (TPSA) is 79.9 Å². The normalized spacial score (nSPS) is 10.5. The van der Waals surface area contributed by atoms with Crippen molar-refractivity contribution in [2.45, 2.75) is 19.9 Å². The van der Waals surface area contributed by atoms with Gasteiger partial charge in [-0.05, 0) is 30.2 Å². The summed E-state index contributed by atoms with van der Waals surface area (Å²) in [6, 6.07) is 15.7. The third kappa shape index (κ3) is 4.44. The number of aryl methyl sites for hydroxylation is 1. The standard InChI is InChI=1S/C19H20N4O2/c1-13-3-5-15(6-4-13)12-20-19-21-18(24)17(22-23-19)11-14-7-9-16(25-2)10-8-14/h3-10H,11-12H2,1-2H3,(H2,20,21,23,24). The van der Waals surface area contributed by atoms with Crippen molar-refractivity contribution >= 4 is 5.95 Å². The SMILES string of the molecule is COc1ccc(Cc2nnc(NCc3ccc(C)cc3)[nH]c2=O)cc1. The Kier molecular flexibility index (Phi) is 5.09. The molecule has 0 atom stereocenters. The van der Waals surface area contributed by atoms with Gasteiger partial charge in [-0.1, -0.05) is 42.0 Å². The van der Waals surface area contributed by atoms with E-state index in [-0.39, 0.29) is 5.56 Å². The molecule has 2 aromatic carbocycles. The second-order valence-corrected chi connectivity index (χ2v) is 5.81. The molecular weight excluding hydrogens is 316 g/mol. The van der Waals surface area contributed by atoms with Crippen LogP contribution in [0.3, 0.4) is 0 Å². The van der Waals surface area contributed by atoms with Crippen LogP contribution in [0.15, 0.2) is 53.3 Å². The summed E-state index contributed by atoms with van der Waals surface area (Å²) in [6.45, 7) is 2.62. The Hall–Kier alpha value is -3.15. The van der Waals surface area contributed by atoms with Gasteiger partial charge in [-0.15, -0.1) is 10.2 Å². The molecule has 0 saturated carbocycles. The maximum absolute atomic E-state index is 12.2. The second kappa shape index (κ2) is 7.61.